The Hall–Kier alpha value is -1.33. The molecule has 16 heavy (non-hydrogen) atoms. The third-order valence-electron chi connectivity index (χ3n) is 2.20. The van der Waals surface area contributed by atoms with Crippen molar-refractivity contribution in [2.45, 2.75) is 18.6 Å². The van der Waals surface area contributed by atoms with E-state index in [1.54, 1.807) is 6.08 Å². The van der Waals surface area contributed by atoms with E-state index in [0.29, 0.717) is 19.6 Å². The van der Waals surface area contributed by atoms with E-state index in [2.05, 4.69) is 11.9 Å². The summed E-state index contributed by atoms with van der Waals surface area (Å²) in [6.07, 6.45) is 4.97. The smallest absolute Gasteiger partial charge is 0.280 e. The van der Waals surface area contributed by atoms with E-state index in [1.807, 2.05) is 0 Å². The van der Waals surface area contributed by atoms with E-state index in [4.69, 9.17) is 14.6 Å². The zero-order valence-corrected chi connectivity index (χ0v) is 9.15. The van der Waals surface area contributed by atoms with Crippen LogP contribution in [-0.4, -0.2) is 36.6 Å². The molecule has 1 fully saturated rings. The third-order valence-corrected chi connectivity index (χ3v) is 2.20. The fourth-order valence-corrected chi connectivity index (χ4v) is 1.45. The van der Waals surface area contributed by atoms with Gasteiger partial charge in [-0.3, -0.25) is 4.79 Å². The Labute approximate surface area is 94.7 Å². The van der Waals surface area contributed by atoms with Crippen molar-refractivity contribution in [3.05, 3.63) is 25.0 Å². The lowest BCUT2D eigenvalue weighted by molar-refractivity contribution is -0.252. The molecule has 0 radical (unpaired) electrons. The largest absolute Gasteiger partial charge is 0.516 e. The number of aliphatic hydroxyl groups excluding tert-OH is 1. The number of ether oxygens (including phenoxy) is 2. The van der Waals surface area contributed by atoms with Crippen molar-refractivity contribution in [3.8, 4) is 0 Å². The third kappa shape index (κ3) is 3.08. The van der Waals surface area contributed by atoms with Gasteiger partial charge in [0.25, 0.3) is 11.7 Å². The van der Waals surface area contributed by atoms with Gasteiger partial charge in [-0.2, -0.15) is 0 Å². The lowest BCUT2D eigenvalue weighted by atomic mass is 10.1. The molecule has 0 bridgehead atoms. The molecule has 1 aliphatic rings. The summed E-state index contributed by atoms with van der Waals surface area (Å²) in [6.45, 7) is 4.82. The fourth-order valence-electron chi connectivity index (χ4n) is 1.45. The summed E-state index contributed by atoms with van der Waals surface area (Å²) in [5.41, 5.74) is 0. The second-order valence-electron chi connectivity index (χ2n) is 3.39. The van der Waals surface area contributed by atoms with Gasteiger partial charge in [0.05, 0.1) is 19.5 Å². The summed E-state index contributed by atoms with van der Waals surface area (Å²) in [7, 11) is 0. The SMILES string of the molecule is C=CCC1(C(=O)NCC=CO)OCCCO1. The molecule has 5 nitrogen and oxygen atoms in total. The highest BCUT2D eigenvalue weighted by Gasteiger charge is 2.41. The Morgan fingerprint density at radius 2 is 2.19 bits per heavy atom. The predicted octanol–water partition coefficient (Wildman–Crippen LogP) is 0.884. The second-order valence-corrected chi connectivity index (χ2v) is 3.39. The van der Waals surface area contributed by atoms with Crippen LogP contribution in [0.2, 0.25) is 0 Å². The fraction of sp³-hybridized carbons (Fsp3) is 0.545. The molecule has 1 rings (SSSR count). The minimum Gasteiger partial charge on any atom is -0.516 e. The average molecular weight is 227 g/mol. The number of aliphatic hydroxyl groups is 1. The molecule has 0 aliphatic carbocycles. The summed E-state index contributed by atoms with van der Waals surface area (Å²) in [4.78, 5) is 11.9. The molecule has 1 aliphatic heterocycles. The van der Waals surface area contributed by atoms with E-state index in [-0.39, 0.29) is 12.5 Å². The van der Waals surface area contributed by atoms with Crippen molar-refractivity contribution >= 4 is 5.91 Å². The lowest BCUT2D eigenvalue weighted by Gasteiger charge is -2.34. The number of hydrogen-bond donors (Lipinski definition) is 2. The number of carbonyl (C=O) groups excluding carboxylic acids is 1. The first-order valence-electron chi connectivity index (χ1n) is 5.21. The Bertz CT molecular complexity index is 269. The maximum Gasteiger partial charge on any atom is 0.280 e. The summed E-state index contributed by atoms with van der Waals surface area (Å²) < 4.78 is 10.8. The standard InChI is InChI=1S/C11H17NO4/c1-2-5-11(15-8-4-9-16-11)10(14)12-6-3-7-13/h2-3,7,13H,1,4-6,8-9H2,(H,12,14). The first kappa shape index (κ1) is 12.7. The van der Waals surface area contributed by atoms with Gasteiger partial charge in [-0.05, 0) is 12.5 Å². The monoisotopic (exact) mass is 227 g/mol. The Morgan fingerprint density at radius 1 is 1.50 bits per heavy atom. The van der Waals surface area contributed by atoms with Gasteiger partial charge in [-0.25, -0.2) is 0 Å². The van der Waals surface area contributed by atoms with Crippen LogP contribution < -0.4 is 5.32 Å². The molecule has 1 heterocycles. The van der Waals surface area contributed by atoms with Crippen LogP contribution in [-0.2, 0) is 14.3 Å². The summed E-state index contributed by atoms with van der Waals surface area (Å²) in [5, 5.41) is 11.0. The van der Waals surface area contributed by atoms with Crippen molar-refractivity contribution in [3.63, 3.8) is 0 Å². The zero-order valence-electron chi connectivity index (χ0n) is 9.15. The van der Waals surface area contributed by atoms with Crippen molar-refractivity contribution in [2.24, 2.45) is 0 Å². The van der Waals surface area contributed by atoms with Gasteiger partial charge >= 0.3 is 0 Å². The predicted molar refractivity (Wildman–Crippen MR) is 58.8 cm³/mol. The maximum atomic E-state index is 11.9. The van der Waals surface area contributed by atoms with Gasteiger partial charge < -0.3 is 19.9 Å². The molecule has 0 aromatic carbocycles. The molecule has 1 amide bonds. The van der Waals surface area contributed by atoms with Crippen LogP contribution in [0.3, 0.4) is 0 Å². The highest BCUT2D eigenvalue weighted by Crippen LogP contribution is 2.23. The van der Waals surface area contributed by atoms with Gasteiger partial charge in [-0.15, -0.1) is 6.58 Å². The van der Waals surface area contributed by atoms with Gasteiger partial charge in [0.15, 0.2) is 0 Å². The summed E-state index contributed by atoms with van der Waals surface area (Å²) in [5.74, 6) is -1.59. The topological polar surface area (TPSA) is 67.8 Å². The molecule has 90 valence electrons. The lowest BCUT2D eigenvalue weighted by Crippen LogP contribution is -2.53. The minimum atomic E-state index is -1.25. The average Bonchev–Trinajstić information content (AvgIpc) is 2.31. The van der Waals surface area contributed by atoms with E-state index < -0.39 is 5.79 Å². The number of nitrogens with one attached hydrogen (secondary N) is 1. The molecule has 5 heteroatoms. The van der Waals surface area contributed by atoms with Gasteiger partial charge in [0.1, 0.15) is 0 Å². The molecule has 0 unspecified atom stereocenters. The number of rotatable bonds is 5. The quantitative estimate of drug-likeness (QED) is 0.540. The summed E-state index contributed by atoms with van der Waals surface area (Å²) in [6, 6.07) is 0. The summed E-state index contributed by atoms with van der Waals surface area (Å²) >= 11 is 0. The Balaban J connectivity index is 2.60. The number of amides is 1. The van der Waals surface area contributed by atoms with Crippen LogP contribution in [0.4, 0.5) is 0 Å². The molecule has 1 saturated heterocycles. The molecule has 0 aromatic rings. The molecule has 0 aromatic heterocycles. The Kier molecular flexibility index (Phi) is 5.01. The van der Waals surface area contributed by atoms with Gasteiger partial charge in [-0.1, -0.05) is 6.08 Å². The van der Waals surface area contributed by atoms with Crippen molar-refractivity contribution < 1.29 is 19.4 Å². The van der Waals surface area contributed by atoms with E-state index >= 15 is 0 Å². The van der Waals surface area contributed by atoms with Gasteiger partial charge in [0.2, 0.25) is 0 Å². The van der Waals surface area contributed by atoms with E-state index in [1.165, 1.54) is 6.08 Å². The first-order valence-corrected chi connectivity index (χ1v) is 5.21. The highest BCUT2D eigenvalue weighted by atomic mass is 16.7. The highest BCUT2D eigenvalue weighted by molar-refractivity contribution is 5.84. The molecular formula is C11H17NO4. The van der Waals surface area contributed by atoms with Crippen molar-refractivity contribution in [2.75, 3.05) is 19.8 Å². The number of hydrogen-bond acceptors (Lipinski definition) is 4. The van der Waals surface area contributed by atoms with Crippen LogP contribution in [0.1, 0.15) is 12.8 Å². The van der Waals surface area contributed by atoms with Crippen molar-refractivity contribution in [1.82, 2.24) is 5.32 Å². The number of carbonyl (C=O) groups is 1. The second kappa shape index (κ2) is 6.30. The minimum absolute atomic E-state index is 0.237. The van der Waals surface area contributed by atoms with Crippen LogP contribution >= 0.6 is 0 Å². The molecule has 0 spiro atoms. The molecule has 2 N–H and O–H groups in total. The molecule has 0 atom stereocenters. The Morgan fingerprint density at radius 3 is 2.75 bits per heavy atom. The van der Waals surface area contributed by atoms with Crippen LogP contribution in [0, 0.1) is 0 Å². The molecular weight excluding hydrogens is 210 g/mol. The van der Waals surface area contributed by atoms with Crippen LogP contribution in [0.5, 0.6) is 0 Å². The van der Waals surface area contributed by atoms with Crippen molar-refractivity contribution in [1.29, 1.82) is 0 Å². The van der Waals surface area contributed by atoms with E-state index in [0.717, 1.165) is 12.7 Å². The van der Waals surface area contributed by atoms with Crippen LogP contribution in [0.15, 0.2) is 25.0 Å². The first-order chi connectivity index (χ1) is 7.75. The maximum absolute atomic E-state index is 11.9. The van der Waals surface area contributed by atoms with E-state index in [9.17, 15) is 4.79 Å². The normalized spacial score (nSPS) is 19.5. The van der Waals surface area contributed by atoms with Gasteiger partial charge in [0, 0.05) is 13.0 Å². The zero-order chi connectivity index (χ0) is 11.9. The molecule has 0 saturated carbocycles. The van der Waals surface area contributed by atoms with Crippen LogP contribution in [0.25, 0.3) is 0 Å².